The average molecular weight is 389 g/mol. The molecule has 0 bridgehead atoms. The maximum Gasteiger partial charge on any atom is 0.254 e. The van der Waals surface area contributed by atoms with Gasteiger partial charge in [0.15, 0.2) is 5.82 Å². The van der Waals surface area contributed by atoms with Crippen molar-refractivity contribution < 1.29 is 9.53 Å². The van der Waals surface area contributed by atoms with Gasteiger partial charge in [-0.05, 0) is 53.7 Å². The molecule has 29 heavy (non-hydrogen) atoms. The first-order chi connectivity index (χ1) is 14.2. The average Bonchev–Trinajstić information content (AvgIpc) is 3.25. The van der Waals surface area contributed by atoms with Gasteiger partial charge in [0.2, 0.25) is 5.65 Å². The smallest absolute Gasteiger partial charge is 0.254 e. The molecule has 1 fully saturated rings. The second-order valence-corrected chi connectivity index (χ2v) is 7.00. The van der Waals surface area contributed by atoms with E-state index >= 15 is 0 Å². The zero-order valence-electron chi connectivity index (χ0n) is 15.8. The number of amides is 1. The number of morpholine rings is 1. The molecule has 1 aliphatic heterocycles. The van der Waals surface area contributed by atoms with Crippen LogP contribution in [0.5, 0.6) is 0 Å². The first kappa shape index (κ1) is 17.5. The summed E-state index contributed by atoms with van der Waals surface area (Å²) in [5, 5.41) is 15.2. The summed E-state index contributed by atoms with van der Waals surface area (Å²) >= 11 is 0. The highest BCUT2D eigenvalue weighted by molar-refractivity contribution is 5.95. The molecule has 0 aliphatic carbocycles. The number of para-hydroxylation sites is 2. The molecule has 5 rings (SSSR count). The molecule has 2 aromatic carbocycles. The number of hydrogen-bond donors (Lipinski definition) is 1. The van der Waals surface area contributed by atoms with Gasteiger partial charge in [-0.15, -0.1) is 5.10 Å². The van der Waals surface area contributed by atoms with Gasteiger partial charge in [0.1, 0.15) is 0 Å². The van der Waals surface area contributed by atoms with E-state index in [2.05, 4.69) is 25.8 Å². The van der Waals surface area contributed by atoms with Crippen molar-refractivity contribution in [3.63, 3.8) is 0 Å². The fourth-order valence-corrected chi connectivity index (χ4v) is 3.51. The SMILES string of the molecule is CC1CN(C(=O)c2ccc(Nc3nc4ccccc4n4nnnc34)cc2)CCO1. The van der Waals surface area contributed by atoms with E-state index in [4.69, 9.17) is 4.74 Å². The minimum atomic E-state index is 0.0135. The molecule has 1 aliphatic rings. The second-order valence-electron chi connectivity index (χ2n) is 7.00. The normalized spacial score (nSPS) is 17.0. The van der Waals surface area contributed by atoms with Gasteiger partial charge in [-0.25, -0.2) is 4.98 Å². The van der Waals surface area contributed by atoms with Crippen molar-refractivity contribution in [3.05, 3.63) is 54.1 Å². The van der Waals surface area contributed by atoms with Gasteiger partial charge in [0.25, 0.3) is 5.91 Å². The maximum atomic E-state index is 12.7. The Hall–Kier alpha value is -3.59. The second kappa shape index (κ2) is 7.10. The number of ether oxygens (including phenoxy) is 1. The highest BCUT2D eigenvalue weighted by Crippen LogP contribution is 2.23. The zero-order valence-corrected chi connectivity index (χ0v) is 15.8. The number of hydrogen-bond acceptors (Lipinski definition) is 7. The highest BCUT2D eigenvalue weighted by Gasteiger charge is 2.22. The molecule has 1 atom stereocenters. The van der Waals surface area contributed by atoms with E-state index in [1.165, 1.54) is 0 Å². The Labute approximate surface area is 166 Å². The standard InChI is InChI=1S/C20H19N7O2/c1-13-12-26(10-11-29-13)20(28)14-6-8-15(9-7-14)21-18-19-23-24-25-27(19)17-5-3-2-4-16(17)22-18/h2-9,13H,10-12H2,1H3,(H,21,22). The number of fused-ring (bicyclic) bond motifs is 3. The number of carbonyl (C=O) groups excluding carboxylic acids is 1. The lowest BCUT2D eigenvalue weighted by Gasteiger charge is -2.31. The fraction of sp³-hybridized carbons (Fsp3) is 0.250. The summed E-state index contributed by atoms with van der Waals surface area (Å²) in [5.41, 5.74) is 3.59. The molecule has 0 radical (unpaired) electrons. The monoisotopic (exact) mass is 389 g/mol. The van der Waals surface area contributed by atoms with Crippen LogP contribution in [0, 0.1) is 0 Å². The zero-order chi connectivity index (χ0) is 19.8. The number of carbonyl (C=O) groups is 1. The largest absolute Gasteiger partial charge is 0.375 e. The first-order valence-corrected chi connectivity index (χ1v) is 9.44. The number of benzene rings is 2. The molecular weight excluding hydrogens is 370 g/mol. The summed E-state index contributed by atoms with van der Waals surface area (Å²) in [7, 11) is 0. The lowest BCUT2D eigenvalue weighted by molar-refractivity contribution is -0.0124. The van der Waals surface area contributed by atoms with E-state index in [-0.39, 0.29) is 12.0 Å². The molecule has 9 nitrogen and oxygen atoms in total. The van der Waals surface area contributed by atoms with Gasteiger partial charge in [-0.1, -0.05) is 12.1 Å². The molecule has 1 unspecified atom stereocenters. The van der Waals surface area contributed by atoms with E-state index < -0.39 is 0 Å². The molecule has 1 saturated heterocycles. The van der Waals surface area contributed by atoms with Gasteiger partial charge in [0.05, 0.1) is 23.7 Å². The van der Waals surface area contributed by atoms with Crippen molar-refractivity contribution in [3.8, 4) is 0 Å². The number of aromatic nitrogens is 5. The van der Waals surface area contributed by atoms with E-state index in [1.807, 2.05) is 60.4 Å². The topological polar surface area (TPSA) is 97.5 Å². The van der Waals surface area contributed by atoms with Gasteiger partial charge >= 0.3 is 0 Å². The molecule has 1 N–H and O–H groups in total. The third-order valence-electron chi connectivity index (χ3n) is 4.95. The lowest BCUT2D eigenvalue weighted by Crippen LogP contribution is -2.44. The Morgan fingerprint density at radius 1 is 1.17 bits per heavy atom. The third kappa shape index (κ3) is 3.25. The Kier molecular flexibility index (Phi) is 4.28. The van der Waals surface area contributed by atoms with Crippen molar-refractivity contribution in [1.82, 2.24) is 29.9 Å². The summed E-state index contributed by atoms with van der Waals surface area (Å²) < 4.78 is 7.16. The van der Waals surface area contributed by atoms with E-state index in [0.717, 1.165) is 16.7 Å². The van der Waals surface area contributed by atoms with Crippen LogP contribution < -0.4 is 5.32 Å². The van der Waals surface area contributed by atoms with Crippen molar-refractivity contribution in [1.29, 1.82) is 0 Å². The van der Waals surface area contributed by atoms with Gasteiger partial charge in [-0.2, -0.15) is 4.52 Å². The molecule has 3 heterocycles. The molecule has 146 valence electrons. The highest BCUT2D eigenvalue weighted by atomic mass is 16.5. The van der Waals surface area contributed by atoms with Crippen LogP contribution in [0.3, 0.4) is 0 Å². The predicted molar refractivity (Wildman–Crippen MR) is 107 cm³/mol. The van der Waals surface area contributed by atoms with E-state index in [9.17, 15) is 4.79 Å². The summed E-state index contributed by atoms with van der Waals surface area (Å²) in [4.78, 5) is 19.2. The predicted octanol–water partition coefficient (Wildman–Crippen LogP) is 2.28. The van der Waals surface area contributed by atoms with Gasteiger partial charge < -0.3 is 15.0 Å². The van der Waals surface area contributed by atoms with Crippen LogP contribution in [-0.2, 0) is 4.74 Å². The summed E-state index contributed by atoms with van der Waals surface area (Å²) in [6.45, 7) is 3.77. The number of anilines is 2. The van der Waals surface area contributed by atoms with E-state index in [0.29, 0.717) is 36.7 Å². The van der Waals surface area contributed by atoms with Crippen LogP contribution in [0.2, 0.25) is 0 Å². The number of nitrogens with zero attached hydrogens (tertiary/aromatic N) is 6. The molecule has 9 heteroatoms. The van der Waals surface area contributed by atoms with Crippen molar-refractivity contribution >= 4 is 34.1 Å². The third-order valence-corrected chi connectivity index (χ3v) is 4.95. The number of nitrogens with one attached hydrogen (secondary N) is 1. The Bertz CT molecular complexity index is 1190. The number of rotatable bonds is 3. The summed E-state index contributed by atoms with van der Waals surface area (Å²) in [6, 6.07) is 15.0. The van der Waals surface area contributed by atoms with Crippen LogP contribution >= 0.6 is 0 Å². The van der Waals surface area contributed by atoms with Gasteiger partial charge in [0, 0.05) is 24.3 Å². The molecular formula is C20H19N7O2. The molecule has 1 amide bonds. The molecule has 2 aromatic heterocycles. The minimum absolute atomic E-state index is 0.0135. The van der Waals surface area contributed by atoms with Crippen LogP contribution in [0.1, 0.15) is 17.3 Å². The van der Waals surface area contributed by atoms with Crippen LogP contribution in [0.15, 0.2) is 48.5 Å². The Balaban J connectivity index is 1.41. The Morgan fingerprint density at radius 2 is 2.00 bits per heavy atom. The van der Waals surface area contributed by atoms with Crippen molar-refractivity contribution in [2.75, 3.05) is 25.0 Å². The van der Waals surface area contributed by atoms with E-state index in [1.54, 1.807) is 4.52 Å². The Morgan fingerprint density at radius 3 is 2.83 bits per heavy atom. The quantitative estimate of drug-likeness (QED) is 0.574. The fourth-order valence-electron chi connectivity index (χ4n) is 3.51. The van der Waals surface area contributed by atoms with Crippen molar-refractivity contribution in [2.45, 2.75) is 13.0 Å². The lowest BCUT2D eigenvalue weighted by atomic mass is 10.1. The summed E-state index contributed by atoms with van der Waals surface area (Å²) in [6.07, 6.45) is 0.0618. The first-order valence-electron chi connectivity index (χ1n) is 9.44. The number of tetrazole rings is 1. The minimum Gasteiger partial charge on any atom is -0.375 e. The van der Waals surface area contributed by atoms with Crippen LogP contribution in [-0.4, -0.2) is 61.6 Å². The molecule has 4 aromatic rings. The van der Waals surface area contributed by atoms with Crippen LogP contribution in [0.4, 0.5) is 11.5 Å². The molecule has 0 saturated carbocycles. The van der Waals surface area contributed by atoms with Crippen molar-refractivity contribution in [2.24, 2.45) is 0 Å². The molecule has 0 spiro atoms. The van der Waals surface area contributed by atoms with Crippen LogP contribution in [0.25, 0.3) is 16.7 Å². The van der Waals surface area contributed by atoms with Gasteiger partial charge in [-0.3, -0.25) is 4.79 Å². The summed E-state index contributed by atoms with van der Waals surface area (Å²) in [5.74, 6) is 0.564. The maximum absolute atomic E-state index is 12.7.